The van der Waals surface area contributed by atoms with Crippen LogP contribution in [0.2, 0.25) is 0 Å². The van der Waals surface area contributed by atoms with Crippen molar-refractivity contribution in [2.75, 3.05) is 0 Å². The van der Waals surface area contributed by atoms with E-state index >= 15 is 0 Å². The normalized spacial score (nSPS) is 19.5. The Morgan fingerprint density at radius 2 is 2.00 bits per heavy atom. The highest BCUT2D eigenvalue weighted by molar-refractivity contribution is 5.69. The van der Waals surface area contributed by atoms with Gasteiger partial charge in [0.25, 0.3) is 0 Å². The monoisotopic (exact) mass is 281 g/mol. The molecule has 1 aliphatic carbocycles. The molecule has 1 aromatic rings. The van der Waals surface area contributed by atoms with Gasteiger partial charge in [-0.25, -0.2) is 0 Å². The zero-order chi connectivity index (χ0) is 15.5. The van der Waals surface area contributed by atoms with Crippen molar-refractivity contribution >= 4 is 11.9 Å². The summed E-state index contributed by atoms with van der Waals surface area (Å²) in [4.78, 5) is 4.64. The zero-order valence-corrected chi connectivity index (χ0v) is 13.8. The van der Waals surface area contributed by atoms with E-state index in [1.165, 1.54) is 18.4 Å². The minimum Gasteiger partial charge on any atom is -0.261 e. The second kappa shape index (κ2) is 6.43. The first kappa shape index (κ1) is 15.8. The van der Waals surface area contributed by atoms with Crippen LogP contribution in [0.15, 0.2) is 58.6 Å². The van der Waals surface area contributed by atoms with Gasteiger partial charge < -0.3 is 0 Å². The second-order valence-electron chi connectivity index (χ2n) is 7.00. The summed E-state index contributed by atoms with van der Waals surface area (Å²) in [5.41, 5.74) is 5.55. The summed E-state index contributed by atoms with van der Waals surface area (Å²) in [6.45, 7) is 13.2. The van der Waals surface area contributed by atoms with Gasteiger partial charge in [0.15, 0.2) is 0 Å². The third kappa shape index (κ3) is 4.17. The Labute approximate surface area is 129 Å². The van der Waals surface area contributed by atoms with Crippen LogP contribution in [0, 0.1) is 11.3 Å². The summed E-state index contributed by atoms with van der Waals surface area (Å²) in [6, 6.07) is 10.2. The minimum absolute atomic E-state index is 0.0739. The van der Waals surface area contributed by atoms with E-state index in [2.05, 4.69) is 45.5 Å². The summed E-state index contributed by atoms with van der Waals surface area (Å²) in [5.74, 6) is 0.578. The molecule has 0 saturated heterocycles. The average Bonchev–Trinajstić information content (AvgIpc) is 2.79. The van der Waals surface area contributed by atoms with Crippen LogP contribution >= 0.6 is 0 Å². The van der Waals surface area contributed by atoms with E-state index in [1.54, 1.807) is 11.1 Å². The van der Waals surface area contributed by atoms with E-state index in [4.69, 9.17) is 0 Å². The highest BCUT2D eigenvalue weighted by atomic mass is 14.7. The number of allylic oxidation sites excluding steroid dienone is 3. The van der Waals surface area contributed by atoms with Crippen LogP contribution in [0.1, 0.15) is 47.0 Å². The molecule has 2 rings (SSSR count). The molecule has 0 heterocycles. The molecule has 0 aromatic heterocycles. The maximum Gasteiger partial charge on any atom is 0.0625 e. The average molecular weight is 281 g/mol. The van der Waals surface area contributed by atoms with Crippen LogP contribution in [-0.4, -0.2) is 6.21 Å². The van der Waals surface area contributed by atoms with Crippen LogP contribution in [0.25, 0.3) is 0 Å². The molecule has 0 amide bonds. The molecule has 1 heteroatoms. The van der Waals surface area contributed by atoms with Crippen molar-refractivity contribution in [1.82, 2.24) is 0 Å². The van der Waals surface area contributed by atoms with Crippen LogP contribution in [0.4, 0.5) is 5.69 Å². The Bertz CT molecular complexity index is 561. The number of benzene rings is 1. The Balaban J connectivity index is 2.12. The lowest BCUT2D eigenvalue weighted by Gasteiger charge is -2.25. The Morgan fingerprint density at radius 3 is 2.62 bits per heavy atom. The number of hydrogen-bond donors (Lipinski definition) is 0. The first-order valence-electron chi connectivity index (χ1n) is 7.83. The largest absolute Gasteiger partial charge is 0.261 e. The molecule has 0 spiro atoms. The molecule has 1 aromatic carbocycles. The molecular formula is C20H27N. The molecular weight excluding hydrogens is 254 g/mol. The maximum atomic E-state index is 4.64. The van der Waals surface area contributed by atoms with Gasteiger partial charge in [0.1, 0.15) is 0 Å². The van der Waals surface area contributed by atoms with Gasteiger partial charge in [-0.2, -0.15) is 0 Å². The number of aliphatic imine (C=N–C) groups is 1. The lowest BCUT2D eigenvalue weighted by Crippen LogP contribution is -2.17. The predicted octanol–water partition coefficient (Wildman–Crippen LogP) is 6.11. The number of para-hydroxylation sites is 1. The number of rotatable bonds is 5. The van der Waals surface area contributed by atoms with Crippen molar-refractivity contribution < 1.29 is 0 Å². The third-order valence-corrected chi connectivity index (χ3v) is 4.34. The van der Waals surface area contributed by atoms with Crippen molar-refractivity contribution in [1.29, 1.82) is 0 Å². The van der Waals surface area contributed by atoms with Gasteiger partial charge in [0.05, 0.1) is 5.69 Å². The molecule has 1 atom stereocenters. The van der Waals surface area contributed by atoms with E-state index in [0.29, 0.717) is 5.92 Å². The molecule has 21 heavy (non-hydrogen) atoms. The van der Waals surface area contributed by atoms with Crippen molar-refractivity contribution in [2.45, 2.75) is 47.0 Å². The zero-order valence-electron chi connectivity index (χ0n) is 13.8. The van der Waals surface area contributed by atoms with Crippen molar-refractivity contribution in [3.63, 3.8) is 0 Å². The van der Waals surface area contributed by atoms with Crippen LogP contribution in [0.5, 0.6) is 0 Å². The maximum absolute atomic E-state index is 4.64. The van der Waals surface area contributed by atoms with Crippen LogP contribution in [-0.2, 0) is 0 Å². The molecule has 0 aliphatic heterocycles. The first-order chi connectivity index (χ1) is 9.89. The summed E-state index contributed by atoms with van der Waals surface area (Å²) < 4.78 is 0. The fourth-order valence-corrected chi connectivity index (χ4v) is 3.11. The molecule has 1 nitrogen and oxygen atoms in total. The lowest BCUT2D eigenvalue weighted by atomic mass is 9.80. The predicted molar refractivity (Wildman–Crippen MR) is 93.2 cm³/mol. The Hall–Kier alpha value is -1.63. The standard InChI is InChI=1S/C20H27N/c1-15(2)18-12-11-16(3)19(18)13-20(4,5)14-21-17-9-7-6-8-10-17/h6-10,14,18H,1,11-13H2,2-5H3/t18-/m1/s1. The number of nitrogens with zero attached hydrogens (tertiary/aromatic N) is 1. The fraction of sp³-hybridized carbons (Fsp3) is 0.450. The molecule has 0 fully saturated rings. The third-order valence-electron chi connectivity index (χ3n) is 4.34. The Kier molecular flexibility index (Phi) is 4.82. The quantitative estimate of drug-likeness (QED) is 0.456. The molecule has 0 N–H and O–H groups in total. The highest BCUT2D eigenvalue weighted by Crippen LogP contribution is 2.41. The lowest BCUT2D eigenvalue weighted by molar-refractivity contribution is 0.501. The Morgan fingerprint density at radius 1 is 1.33 bits per heavy atom. The van der Waals surface area contributed by atoms with Gasteiger partial charge in [-0.15, -0.1) is 0 Å². The van der Waals surface area contributed by atoms with E-state index in [0.717, 1.165) is 12.1 Å². The van der Waals surface area contributed by atoms with Gasteiger partial charge in [0.2, 0.25) is 0 Å². The topological polar surface area (TPSA) is 12.4 Å². The first-order valence-corrected chi connectivity index (χ1v) is 7.83. The van der Waals surface area contributed by atoms with E-state index in [1.807, 2.05) is 30.3 Å². The van der Waals surface area contributed by atoms with Crippen LogP contribution < -0.4 is 0 Å². The SMILES string of the molecule is C=C(C)[C@H]1CCC(C)=C1CC(C)(C)C=Nc1ccccc1. The van der Waals surface area contributed by atoms with E-state index < -0.39 is 0 Å². The van der Waals surface area contributed by atoms with Gasteiger partial charge >= 0.3 is 0 Å². The highest BCUT2D eigenvalue weighted by Gasteiger charge is 2.28. The van der Waals surface area contributed by atoms with Crippen molar-refractivity contribution in [3.8, 4) is 0 Å². The molecule has 0 bridgehead atoms. The molecule has 112 valence electrons. The summed E-state index contributed by atoms with van der Waals surface area (Å²) >= 11 is 0. The van der Waals surface area contributed by atoms with E-state index in [9.17, 15) is 0 Å². The minimum atomic E-state index is 0.0739. The smallest absolute Gasteiger partial charge is 0.0625 e. The van der Waals surface area contributed by atoms with Gasteiger partial charge in [-0.3, -0.25) is 4.99 Å². The van der Waals surface area contributed by atoms with Gasteiger partial charge in [-0.05, 0) is 45.2 Å². The van der Waals surface area contributed by atoms with Gasteiger partial charge in [-0.1, -0.05) is 55.3 Å². The van der Waals surface area contributed by atoms with Crippen molar-refractivity contribution in [2.24, 2.45) is 16.3 Å². The van der Waals surface area contributed by atoms with Crippen molar-refractivity contribution in [3.05, 3.63) is 53.6 Å². The molecule has 0 radical (unpaired) electrons. The van der Waals surface area contributed by atoms with Crippen LogP contribution in [0.3, 0.4) is 0 Å². The number of hydrogen-bond acceptors (Lipinski definition) is 1. The molecule has 1 aliphatic rings. The van der Waals surface area contributed by atoms with E-state index in [-0.39, 0.29) is 5.41 Å². The van der Waals surface area contributed by atoms with Gasteiger partial charge in [0, 0.05) is 17.5 Å². The molecule has 0 unspecified atom stereocenters. The summed E-state index contributed by atoms with van der Waals surface area (Å²) in [7, 11) is 0. The second-order valence-corrected chi connectivity index (χ2v) is 7.00. The molecule has 0 saturated carbocycles. The summed E-state index contributed by atoms with van der Waals surface area (Å²) in [6.07, 6.45) is 5.64. The summed E-state index contributed by atoms with van der Waals surface area (Å²) in [5, 5.41) is 0. The fourth-order valence-electron chi connectivity index (χ4n) is 3.11.